The molecule has 3 nitrogen and oxygen atoms in total. The summed E-state index contributed by atoms with van der Waals surface area (Å²) >= 11 is 5.96. The molecule has 3 rings (SSSR count). The fourth-order valence-corrected chi connectivity index (χ4v) is 2.51. The highest BCUT2D eigenvalue weighted by Gasteiger charge is 2.17. The molecule has 0 fully saturated rings. The molecule has 1 aromatic heterocycles. The van der Waals surface area contributed by atoms with Gasteiger partial charge in [0.05, 0.1) is 6.04 Å². The summed E-state index contributed by atoms with van der Waals surface area (Å²) in [5, 5.41) is 1.53. The molecule has 0 amide bonds. The molecule has 0 aliphatic rings. The molecule has 0 aliphatic heterocycles. The summed E-state index contributed by atoms with van der Waals surface area (Å²) in [6.07, 6.45) is 0.400. The summed E-state index contributed by atoms with van der Waals surface area (Å²) < 4.78 is 19.5. The lowest BCUT2D eigenvalue weighted by Crippen LogP contribution is -2.29. The quantitative estimate of drug-likeness (QED) is 0.566. The summed E-state index contributed by atoms with van der Waals surface area (Å²) in [5.74, 6) is 5.99. The molecule has 21 heavy (non-hydrogen) atoms. The normalized spacial score (nSPS) is 12.7. The van der Waals surface area contributed by atoms with Crippen molar-refractivity contribution < 1.29 is 8.81 Å². The first-order chi connectivity index (χ1) is 10.2. The van der Waals surface area contributed by atoms with Crippen LogP contribution < -0.4 is 11.3 Å². The topological polar surface area (TPSA) is 51.2 Å². The van der Waals surface area contributed by atoms with Gasteiger partial charge in [-0.15, -0.1) is 0 Å². The lowest BCUT2D eigenvalue weighted by Gasteiger charge is -2.13. The lowest BCUT2D eigenvalue weighted by atomic mass is 10.0. The molecular weight excluding hydrogens is 291 g/mol. The van der Waals surface area contributed by atoms with Gasteiger partial charge in [0.25, 0.3) is 0 Å². The summed E-state index contributed by atoms with van der Waals surface area (Å²) in [4.78, 5) is 0. The number of hydrogen-bond acceptors (Lipinski definition) is 3. The van der Waals surface area contributed by atoms with E-state index in [-0.39, 0.29) is 11.9 Å². The van der Waals surface area contributed by atoms with Crippen LogP contribution in [0.25, 0.3) is 11.0 Å². The van der Waals surface area contributed by atoms with Crippen LogP contribution in [0.5, 0.6) is 0 Å². The molecule has 0 spiro atoms. The van der Waals surface area contributed by atoms with Crippen molar-refractivity contribution in [1.29, 1.82) is 0 Å². The van der Waals surface area contributed by atoms with E-state index >= 15 is 0 Å². The van der Waals surface area contributed by atoms with Crippen LogP contribution >= 0.6 is 11.6 Å². The second-order valence-electron chi connectivity index (χ2n) is 4.85. The second kappa shape index (κ2) is 5.85. The van der Waals surface area contributed by atoms with Crippen LogP contribution in [-0.4, -0.2) is 0 Å². The Bertz CT molecular complexity index is 772. The number of hydrogen-bond donors (Lipinski definition) is 2. The van der Waals surface area contributed by atoms with E-state index in [0.717, 1.165) is 11.0 Å². The Labute approximate surface area is 126 Å². The van der Waals surface area contributed by atoms with Crippen molar-refractivity contribution in [3.8, 4) is 0 Å². The van der Waals surface area contributed by atoms with Crippen molar-refractivity contribution >= 4 is 22.6 Å². The summed E-state index contributed by atoms with van der Waals surface area (Å²) in [5.41, 5.74) is 3.98. The average molecular weight is 305 g/mol. The van der Waals surface area contributed by atoms with E-state index in [1.54, 1.807) is 30.3 Å². The Hall–Kier alpha value is -1.88. The van der Waals surface area contributed by atoms with Gasteiger partial charge in [-0.25, -0.2) is 9.82 Å². The van der Waals surface area contributed by atoms with Crippen molar-refractivity contribution in [3.63, 3.8) is 0 Å². The van der Waals surface area contributed by atoms with Crippen LogP contribution in [0.4, 0.5) is 4.39 Å². The van der Waals surface area contributed by atoms with Crippen molar-refractivity contribution in [3.05, 3.63) is 70.7 Å². The minimum Gasteiger partial charge on any atom is -0.459 e. The molecular formula is C16H14ClFN2O. The largest absolute Gasteiger partial charge is 0.459 e. The first-order valence-electron chi connectivity index (χ1n) is 6.56. The minimum absolute atomic E-state index is 0.253. The fraction of sp³-hybridized carbons (Fsp3) is 0.125. The first-order valence-corrected chi connectivity index (χ1v) is 6.93. The van der Waals surface area contributed by atoms with E-state index < -0.39 is 0 Å². The number of rotatable bonds is 4. The van der Waals surface area contributed by atoms with Crippen LogP contribution in [0.1, 0.15) is 17.4 Å². The number of nitrogens with two attached hydrogens (primary N) is 1. The molecule has 0 saturated heterocycles. The van der Waals surface area contributed by atoms with E-state index in [4.69, 9.17) is 21.9 Å². The summed E-state index contributed by atoms with van der Waals surface area (Å²) in [6.45, 7) is 0. The smallest absolute Gasteiger partial charge is 0.134 e. The predicted molar refractivity (Wildman–Crippen MR) is 81.4 cm³/mol. The molecule has 0 radical (unpaired) electrons. The van der Waals surface area contributed by atoms with Gasteiger partial charge in [0.15, 0.2) is 0 Å². The Morgan fingerprint density at radius 2 is 2.00 bits per heavy atom. The number of halogens is 2. The third-order valence-electron chi connectivity index (χ3n) is 3.42. The van der Waals surface area contributed by atoms with Crippen LogP contribution in [0.15, 0.2) is 52.9 Å². The van der Waals surface area contributed by atoms with Gasteiger partial charge in [-0.3, -0.25) is 5.84 Å². The van der Waals surface area contributed by atoms with Gasteiger partial charge in [-0.1, -0.05) is 29.8 Å². The lowest BCUT2D eigenvalue weighted by molar-refractivity contribution is 0.429. The number of hydrazine groups is 1. The van der Waals surface area contributed by atoms with Crippen molar-refractivity contribution in [2.24, 2.45) is 5.84 Å². The second-order valence-corrected chi connectivity index (χ2v) is 5.28. The van der Waals surface area contributed by atoms with Gasteiger partial charge in [-0.2, -0.15) is 0 Å². The van der Waals surface area contributed by atoms with Crippen LogP contribution in [-0.2, 0) is 6.42 Å². The molecule has 108 valence electrons. The number of fused-ring (bicyclic) bond motifs is 1. The predicted octanol–water partition coefficient (Wildman–Crippen LogP) is 3.97. The molecule has 2 aromatic carbocycles. The van der Waals surface area contributed by atoms with Gasteiger partial charge < -0.3 is 4.42 Å². The van der Waals surface area contributed by atoms with Gasteiger partial charge in [-0.05, 0) is 42.3 Å². The monoisotopic (exact) mass is 304 g/mol. The van der Waals surface area contributed by atoms with Gasteiger partial charge >= 0.3 is 0 Å². The maximum Gasteiger partial charge on any atom is 0.134 e. The molecule has 0 aliphatic carbocycles. The standard InChI is InChI=1S/C16H14ClFN2O/c17-12-5-6-15-11(7-12)9-16(21-15)14(20-19)8-10-3-1-2-4-13(10)18/h1-7,9,14,20H,8,19H2. The zero-order chi connectivity index (χ0) is 14.8. The molecule has 1 unspecified atom stereocenters. The van der Waals surface area contributed by atoms with Gasteiger partial charge in [0.2, 0.25) is 0 Å². The highest BCUT2D eigenvalue weighted by Crippen LogP contribution is 2.28. The van der Waals surface area contributed by atoms with Crippen molar-refractivity contribution in [2.75, 3.05) is 0 Å². The van der Waals surface area contributed by atoms with Crippen molar-refractivity contribution in [1.82, 2.24) is 5.43 Å². The molecule has 0 saturated carbocycles. The fourth-order valence-electron chi connectivity index (χ4n) is 2.33. The van der Waals surface area contributed by atoms with E-state index in [2.05, 4.69) is 5.43 Å². The molecule has 1 heterocycles. The van der Waals surface area contributed by atoms with E-state index in [1.165, 1.54) is 6.07 Å². The van der Waals surface area contributed by atoms with Gasteiger partial charge in [0.1, 0.15) is 17.2 Å². The van der Waals surface area contributed by atoms with Crippen LogP contribution in [0.3, 0.4) is 0 Å². The van der Waals surface area contributed by atoms with Crippen LogP contribution in [0.2, 0.25) is 5.02 Å². The molecule has 3 N–H and O–H groups in total. The Morgan fingerprint density at radius 1 is 1.19 bits per heavy atom. The van der Waals surface area contributed by atoms with E-state index in [1.807, 2.05) is 12.1 Å². The zero-order valence-corrected chi connectivity index (χ0v) is 11.9. The number of nitrogens with one attached hydrogen (secondary N) is 1. The number of benzene rings is 2. The highest BCUT2D eigenvalue weighted by atomic mass is 35.5. The SMILES string of the molecule is NNC(Cc1ccccc1F)c1cc2cc(Cl)ccc2o1. The maximum absolute atomic E-state index is 13.7. The molecule has 3 aromatic rings. The Balaban J connectivity index is 1.93. The zero-order valence-electron chi connectivity index (χ0n) is 11.1. The van der Waals surface area contributed by atoms with Gasteiger partial charge in [0, 0.05) is 10.4 Å². The maximum atomic E-state index is 13.7. The molecule has 1 atom stereocenters. The third kappa shape index (κ3) is 2.93. The minimum atomic E-state index is -0.312. The first kappa shape index (κ1) is 14.1. The Kier molecular flexibility index (Phi) is 3.92. The molecule has 0 bridgehead atoms. The summed E-state index contributed by atoms with van der Waals surface area (Å²) in [7, 11) is 0. The highest BCUT2D eigenvalue weighted by molar-refractivity contribution is 6.31. The summed E-state index contributed by atoms with van der Waals surface area (Å²) in [6, 6.07) is 13.6. The van der Waals surface area contributed by atoms with Crippen molar-refractivity contribution in [2.45, 2.75) is 12.5 Å². The molecule has 5 heteroatoms. The number of furan rings is 1. The van der Waals surface area contributed by atoms with E-state index in [9.17, 15) is 4.39 Å². The third-order valence-corrected chi connectivity index (χ3v) is 3.66. The van der Waals surface area contributed by atoms with E-state index in [0.29, 0.717) is 22.8 Å². The Morgan fingerprint density at radius 3 is 2.76 bits per heavy atom. The van der Waals surface area contributed by atoms with Crippen LogP contribution in [0, 0.1) is 5.82 Å². The average Bonchev–Trinajstić information content (AvgIpc) is 2.89.